The van der Waals surface area contributed by atoms with Gasteiger partial charge in [0.15, 0.2) is 5.89 Å². The first-order valence-corrected chi connectivity index (χ1v) is 5.44. The number of hydrogen-bond donors (Lipinski definition) is 1. The highest BCUT2D eigenvalue weighted by Crippen LogP contribution is 2.26. The number of aryl methyl sites for hydroxylation is 2. The predicted octanol–water partition coefficient (Wildman–Crippen LogP) is 2.46. The topological polar surface area (TPSA) is 52.0 Å². The van der Waals surface area contributed by atoms with Crippen LogP contribution in [0.5, 0.6) is 0 Å². The van der Waals surface area contributed by atoms with Crippen LogP contribution in [-0.4, -0.2) is 11.5 Å². The molecule has 0 unspecified atom stereocenters. The van der Waals surface area contributed by atoms with Gasteiger partial charge < -0.3 is 10.2 Å². The molecule has 0 aliphatic heterocycles. The van der Waals surface area contributed by atoms with E-state index < -0.39 is 0 Å². The lowest BCUT2D eigenvalue weighted by Gasteiger charge is -2.01. The summed E-state index contributed by atoms with van der Waals surface area (Å²) in [6.45, 7) is 4.58. The molecule has 0 spiro atoms. The maximum atomic E-state index is 5.57. The summed E-state index contributed by atoms with van der Waals surface area (Å²) in [5.41, 5.74) is 8.76. The normalized spacial score (nSPS) is 10.7. The third-order valence-electron chi connectivity index (χ3n) is 2.60. The van der Waals surface area contributed by atoms with Crippen molar-refractivity contribution in [3.8, 4) is 11.3 Å². The van der Waals surface area contributed by atoms with Crippen molar-refractivity contribution in [1.82, 2.24) is 4.98 Å². The third kappa shape index (κ3) is 1.99. The smallest absolute Gasteiger partial charge is 0.196 e. The minimum Gasteiger partial charge on any atom is -0.445 e. The summed E-state index contributed by atoms with van der Waals surface area (Å²) in [4.78, 5) is 4.48. The largest absolute Gasteiger partial charge is 0.445 e. The van der Waals surface area contributed by atoms with E-state index in [-0.39, 0.29) is 0 Å². The highest BCUT2D eigenvalue weighted by molar-refractivity contribution is 5.64. The SMILES string of the molecule is Cc1ccccc1-c1nc(CCN)oc1C. The molecule has 2 N–H and O–H groups in total. The van der Waals surface area contributed by atoms with Gasteiger partial charge >= 0.3 is 0 Å². The Hall–Kier alpha value is -1.61. The molecule has 0 atom stereocenters. The summed E-state index contributed by atoms with van der Waals surface area (Å²) in [6, 6.07) is 8.17. The van der Waals surface area contributed by atoms with Crippen LogP contribution in [0.2, 0.25) is 0 Å². The van der Waals surface area contributed by atoms with Crippen LogP contribution in [0.3, 0.4) is 0 Å². The van der Waals surface area contributed by atoms with Gasteiger partial charge in [0.05, 0.1) is 0 Å². The van der Waals surface area contributed by atoms with Gasteiger partial charge in [0.2, 0.25) is 0 Å². The van der Waals surface area contributed by atoms with Gasteiger partial charge in [-0.3, -0.25) is 0 Å². The number of benzene rings is 1. The number of oxazole rings is 1. The summed E-state index contributed by atoms with van der Waals surface area (Å²) < 4.78 is 5.57. The number of hydrogen-bond acceptors (Lipinski definition) is 3. The van der Waals surface area contributed by atoms with Crippen molar-refractivity contribution in [2.24, 2.45) is 5.73 Å². The molecule has 0 bridgehead atoms. The van der Waals surface area contributed by atoms with E-state index in [1.165, 1.54) is 5.56 Å². The monoisotopic (exact) mass is 216 g/mol. The van der Waals surface area contributed by atoms with E-state index >= 15 is 0 Å². The average molecular weight is 216 g/mol. The van der Waals surface area contributed by atoms with Crippen LogP contribution in [0.25, 0.3) is 11.3 Å². The number of nitrogens with two attached hydrogens (primary N) is 1. The molecule has 1 aromatic heterocycles. The van der Waals surface area contributed by atoms with E-state index in [1.807, 2.05) is 19.1 Å². The Morgan fingerprint density at radius 3 is 2.69 bits per heavy atom. The molecule has 1 heterocycles. The lowest BCUT2D eigenvalue weighted by molar-refractivity contribution is 0.473. The first kappa shape index (κ1) is 10.9. The lowest BCUT2D eigenvalue weighted by Crippen LogP contribution is -2.02. The Bertz CT molecular complexity index is 488. The molecule has 0 amide bonds. The third-order valence-corrected chi connectivity index (χ3v) is 2.60. The summed E-state index contributed by atoms with van der Waals surface area (Å²) >= 11 is 0. The summed E-state index contributed by atoms with van der Waals surface area (Å²) in [7, 11) is 0. The minimum atomic E-state index is 0.563. The predicted molar refractivity (Wildman–Crippen MR) is 64.2 cm³/mol. The molecular formula is C13H16N2O. The molecule has 84 valence electrons. The highest BCUT2D eigenvalue weighted by atomic mass is 16.4. The van der Waals surface area contributed by atoms with Crippen LogP contribution in [0.4, 0.5) is 0 Å². The molecule has 3 nitrogen and oxygen atoms in total. The van der Waals surface area contributed by atoms with Crippen molar-refractivity contribution >= 4 is 0 Å². The molecule has 16 heavy (non-hydrogen) atoms. The fourth-order valence-corrected chi connectivity index (χ4v) is 1.77. The maximum absolute atomic E-state index is 5.57. The van der Waals surface area contributed by atoms with Crippen molar-refractivity contribution in [3.63, 3.8) is 0 Å². The second kappa shape index (κ2) is 4.49. The van der Waals surface area contributed by atoms with E-state index in [0.29, 0.717) is 13.0 Å². The van der Waals surface area contributed by atoms with Gasteiger partial charge in [-0.1, -0.05) is 24.3 Å². The Morgan fingerprint density at radius 2 is 2.00 bits per heavy atom. The highest BCUT2D eigenvalue weighted by Gasteiger charge is 2.12. The van der Waals surface area contributed by atoms with Gasteiger partial charge in [-0.25, -0.2) is 4.98 Å². The summed E-state index contributed by atoms with van der Waals surface area (Å²) in [6.07, 6.45) is 0.687. The fourth-order valence-electron chi connectivity index (χ4n) is 1.77. The van der Waals surface area contributed by atoms with Gasteiger partial charge in [0, 0.05) is 18.5 Å². The zero-order valence-electron chi connectivity index (χ0n) is 9.66. The fraction of sp³-hybridized carbons (Fsp3) is 0.308. The van der Waals surface area contributed by atoms with Crippen LogP contribution in [0.1, 0.15) is 17.2 Å². The van der Waals surface area contributed by atoms with E-state index in [4.69, 9.17) is 10.2 Å². The Balaban J connectivity index is 2.44. The lowest BCUT2D eigenvalue weighted by atomic mass is 10.1. The summed E-state index contributed by atoms with van der Waals surface area (Å²) in [5.74, 6) is 1.58. The van der Waals surface area contributed by atoms with Crippen LogP contribution in [-0.2, 0) is 6.42 Å². The van der Waals surface area contributed by atoms with Gasteiger partial charge in [-0.2, -0.15) is 0 Å². The van der Waals surface area contributed by atoms with Crippen LogP contribution in [0, 0.1) is 13.8 Å². The molecule has 3 heteroatoms. The zero-order chi connectivity index (χ0) is 11.5. The molecule has 1 aromatic carbocycles. The quantitative estimate of drug-likeness (QED) is 0.857. The molecule has 0 saturated carbocycles. The van der Waals surface area contributed by atoms with E-state index in [2.05, 4.69) is 24.0 Å². The molecule has 0 aliphatic carbocycles. The first-order chi connectivity index (χ1) is 7.72. The average Bonchev–Trinajstić information content (AvgIpc) is 2.61. The van der Waals surface area contributed by atoms with Gasteiger partial charge in [0.25, 0.3) is 0 Å². The molecule has 0 saturated heterocycles. The molecule has 0 aliphatic rings. The van der Waals surface area contributed by atoms with Crippen molar-refractivity contribution in [2.45, 2.75) is 20.3 Å². The standard InChI is InChI=1S/C13H16N2O/c1-9-5-3-4-6-11(9)13-10(2)16-12(15-13)7-8-14/h3-6H,7-8,14H2,1-2H3. The molecule has 0 radical (unpaired) electrons. The summed E-state index contributed by atoms with van der Waals surface area (Å²) in [5, 5.41) is 0. The van der Waals surface area contributed by atoms with Gasteiger partial charge in [-0.15, -0.1) is 0 Å². The number of nitrogens with zero attached hydrogens (tertiary/aromatic N) is 1. The van der Waals surface area contributed by atoms with Crippen LogP contribution < -0.4 is 5.73 Å². The van der Waals surface area contributed by atoms with Gasteiger partial charge in [-0.05, 0) is 19.4 Å². The second-order valence-corrected chi connectivity index (χ2v) is 3.87. The molecular weight excluding hydrogens is 200 g/mol. The van der Waals surface area contributed by atoms with Crippen LogP contribution >= 0.6 is 0 Å². The van der Waals surface area contributed by atoms with Gasteiger partial charge in [0.1, 0.15) is 11.5 Å². The van der Waals surface area contributed by atoms with E-state index in [9.17, 15) is 0 Å². The van der Waals surface area contributed by atoms with Crippen molar-refractivity contribution < 1.29 is 4.42 Å². The second-order valence-electron chi connectivity index (χ2n) is 3.87. The number of rotatable bonds is 3. The van der Waals surface area contributed by atoms with Crippen LogP contribution in [0.15, 0.2) is 28.7 Å². The molecule has 0 fully saturated rings. The Labute approximate surface area is 95.3 Å². The van der Waals surface area contributed by atoms with Crippen molar-refractivity contribution in [3.05, 3.63) is 41.5 Å². The van der Waals surface area contributed by atoms with Crippen molar-refractivity contribution in [1.29, 1.82) is 0 Å². The zero-order valence-corrected chi connectivity index (χ0v) is 9.66. The minimum absolute atomic E-state index is 0.563. The van der Waals surface area contributed by atoms with E-state index in [0.717, 1.165) is 22.9 Å². The Kier molecular flexibility index (Phi) is 3.06. The maximum Gasteiger partial charge on any atom is 0.196 e. The number of aromatic nitrogens is 1. The van der Waals surface area contributed by atoms with E-state index in [1.54, 1.807) is 0 Å². The Morgan fingerprint density at radius 1 is 1.25 bits per heavy atom. The first-order valence-electron chi connectivity index (χ1n) is 5.44. The molecule has 2 aromatic rings. The van der Waals surface area contributed by atoms with Crippen molar-refractivity contribution in [2.75, 3.05) is 6.54 Å². The molecule has 2 rings (SSSR count).